The molecule has 1 heterocycles. The molecular formula is C20H18ClFN4O3S. The minimum absolute atomic E-state index is 0.291. The molecular weight excluding hydrogens is 431 g/mol. The molecule has 3 aromatic rings. The number of nitrogens with zero attached hydrogens (tertiary/aromatic N) is 2. The third kappa shape index (κ3) is 5.46. The molecule has 0 unspecified atom stereocenters. The van der Waals surface area contributed by atoms with Crippen LogP contribution in [0.5, 0.6) is 0 Å². The highest BCUT2D eigenvalue weighted by molar-refractivity contribution is 7.92. The van der Waals surface area contributed by atoms with Gasteiger partial charge in [0.15, 0.2) is 0 Å². The number of carbonyl (C=O) groups is 1. The molecule has 0 saturated carbocycles. The molecule has 30 heavy (non-hydrogen) atoms. The van der Waals surface area contributed by atoms with Crippen molar-refractivity contribution in [2.24, 2.45) is 0 Å². The molecule has 2 N–H and O–H groups in total. The fraction of sp³-hybridized carbons (Fsp3) is 0.100. The molecule has 7 nitrogen and oxygen atoms in total. The highest BCUT2D eigenvalue weighted by Crippen LogP contribution is 2.25. The van der Waals surface area contributed by atoms with Crippen molar-refractivity contribution in [1.29, 1.82) is 0 Å². The number of nitrogens with one attached hydrogen (secondary N) is 2. The van der Waals surface area contributed by atoms with E-state index in [2.05, 4.69) is 15.1 Å². The zero-order valence-electron chi connectivity index (χ0n) is 16.1. The van der Waals surface area contributed by atoms with Crippen molar-refractivity contribution in [3.8, 4) is 5.69 Å². The first-order valence-electron chi connectivity index (χ1n) is 8.70. The van der Waals surface area contributed by atoms with Gasteiger partial charge in [-0.15, -0.1) is 0 Å². The number of rotatable bonds is 6. The van der Waals surface area contributed by atoms with Crippen LogP contribution in [0.3, 0.4) is 0 Å². The monoisotopic (exact) mass is 448 g/mol. The second-order valence-electron chi connectivity index (χ2n) is 6.45. The summed E-state index contributed by atoms with van der Waals surface area (Å²) in [6, 6.07) is 11.9. The molecule has 2 aromatic carbocycles. The van der Waals surface area contributed by atoms with Crippen molar-refractivity contribution in [2.45, 2.75) is 6.92 Å². The van der Waals surface area contributed by atoms with Crippen molar-refractivity contribution in [3.05, 3.63) is 76.8 Å². The van der Waals surface area contributed by atoms with Crippen LogP contribution in [0.15, 0.2) is 54.6 Å². The number of hydrogen-bond acceptors (Lipinski definition) is 4. The Bertz CT molecular complexity index is 1200. The summed E-state index contributed by atoms with van der Waals surface area (Å²) < 4.78 is 39.4. The van der Waals surface area contributed by atoms with E-state index in [-0.39, 0.29) is 5.82 Å². The summed E-state index contributed by atoms with van der Waals surface area (Å²) in [5.41, 5.74) is 2.64. The van der Waals surface area contributed by atoms with Crippen LogP contribution in [-0.4, -0.2) is 30.4 Å². The van der Waals surface area contributed by atoms with E-state index in [0.29, 0.717) is 33.5 Å². The van der Waals surface area contributed by atoms with E-state index < -0.39 is 15.9 Å². The maximum Gasteiger partial charge on any atom is 0.248 e. The maximum absolute atomic E-state index is 13.1. The minimum Gasteiger partial charge on any atom is -0.323 e. The third-order valence-corrected chi connectivity index (χ3v) is 4.95. The van der Waals surface area contributed by atoms with Crippen LogP contribution in [0.1, 0.15) is 11.3 Å². The zero-order valence-corrected chi connectivity index (χ0v) is 17.6. The van der Waals surface area contributed by atoms with Gasteiger partial charge in [0.2, 0.25) is 15.9 Å². The van der Waals surface area contributed by atoms with E-state index in [9.17, 15) is 17.6 Å². The van der Waals surface area contributed by atoms with E-state index in [0.717, 1.165) is 6.26 Å². The molecule has 0 radical (unpaired) electrons. The van der Waals surface area contributed by atoms with Crippen LogP contribution in [0.25, 0.3) is 11.8 Å². The Balaban J connectivity index is 1.71. The van der Waals surface area contributed by atoms with Crippen molar-refractivity contribution >= 4 is 45.0 Å². The summed E-state index contributed by atoms with van der Waals surface area (Å²) in [4.78, 5) is 12.2. The fourth-order valence-electron chi connectivity index (χ4n) is 2.63. The molecule has 0 fully saturated rings. The summed E-state index contributed by atoms with van der Waals surface area (Å²) in [7, 11) is -3.37. The maximum atomic E-state index is 13.1. The summed E-state index contributed by atoms with van der Waals surface area (Å²) >= 11 is 6.39. The van der Waals surface area contributed by atoms with Gasteiger partial charge in [0.05, 0.1) is 17.6 Å². The molecule has 3 rings (SSSR count). The molecule has 0 spiro atoms. The lowest BCUT2D eigenvalue weighted by Gasteiger charge is -2.06. The fourth-order valence-corrected chi connectivity index (χ4v) is 3.53. The molecule has 1 amide bonds. The smallest absolute Gasteiger partial charge is 0.248 e. The molecule has 10 heteroatoms. The van der Waals surface area contributed by atoms with Gasteiger partial charge in [0.25, 0.3) is 0 Å². The Morgan fingerprint density at radius 2 is 1.70 bits per heavy atom. The predicted octanol–water partition coefficient (Wildman–Crippen LogP) is 4.00. The lowest BCUT2D eigenvalue weighted by Crippen LogP contribution is -2.10. The Kier molecular flexibility index (Phi) is 6.23. The number of benzene rings is 2. The highest BCUT2D eigenvalue weighted by atomic mass is 35.5. The standard InChI is InChI=1S/C20H18ClFN4O3S/c1-13-18(20(21)26(24-13)17-9-3-14(22)4-10-17)11-12-19(27)23-15-5-7-16(8-6-15)25-30(2,28)29/h3-12,25H,1-2H3,(H,23,27)/b12-11+. The van der Waals surface area contributed by atoms with E-state index in [4.69, 9.17) is 11.6 Å². The quantitative estimate of drug-likeness (QED) is 0.557. The number of carbonyl (C=O) groups excluding carboxylic acids is 1. The van der Waals surface area contributed by atoms with Crippen LogP contribution in [0.2, 0.25) is 5.15 Å². The van der Waals surface area contributed by atoms with E-state index in [1.54, 1.807) is 37.3 Å². The van der Waals surface area contributed by atoms with Gasteiger partial charge < -0.3 is 5.32 Å². The largest absolute Gasteiger partial charge is 0.323 e. The average molecular weight is 449 g/mol. The van der Waals surface area contributed by atoms with E-state index in [1.807, 2.05) is 0 Å². The van der Waals surface area contributed by atoms with Crippen LogP contribution in [0.4, 0.5) is 15.8 Å². The van der Waals surface area contributed by atoms with Crippen molar-refractivity contribution in [1.82, 2.24) is 9.78 Å². The van der Waals surface area contributed by atoms with E-state index in [1.165, 1.54) is 35.0 Å². The zero-order chi connectivity index (χ0) is 21.9. The first kappa shape index (κ1) is 21.5. The van der Waals surface area contributed by atoms with Gasteiger partial charge in [-0.05, 0) is 61.5 Å². The van der Waals surface area contributed by atoms with Gasteiger partial charge in [-0.1, -0.05) is 11.6 Å². The SMILES string of the molecule is Cc1nn(-c2ccc(F)cc2)c(Cl)c1/C=C/C(=O)Nc1ccc(NS(C)(=O)=O)cc1. The minimum atomic E-state index is -3.37. The topological polar surface area (TPSA) is 93.1 Å². The van der Waals surface area contributed by atoms with Gasteiger partial charge in [-0.25, -0.2) is 17.5 Å². The van der Waals surface area contributed by atoms with Gasteiger partial charge in [-0.3, -0.25) is 9.52 Å². The van der Waals surface area contributed by atoms with Crippen LogP contribution < -0.4 is 10.0 Å². The number of sulfonamides is 1. The molecule has 156 valence electrons. The first-order valence-corrected chi connectivity index (χ1v) is 11.0. The average Bonchev–Trinajstić information content (AvgIpc) is 2.95. The highest BCUT2D eigenvalue weighted by Gasteiger charge is 2.13. The lowest BCUT2D eigenvalue weighted by molar-refractivity contribution is -0.111. The third-order valence-electron chi connectivity index (χ3n) is 3.98. The summed E-state index contributed by atoms with van der Waals surface area (Å²) in [6.45, 7) is 1.75. The van der Waals surface area contributed by atoms with Crippen LogP contribution in [-0.2, 0) is 14.8 Å². The van der Waals surface area contributed by atoms with Gasteiger partial charge in [0, 0.05) is 23.0 Å². The normalized spacial score (nSPS) is 11.6. The van der Waals surface area contributed by atoms with Gasteiger partial charge >= 0.3 is 0 Å². The number of aromatic nitrogens is 2. The molecule has 0 aliphatic rings. The van der Waals surface area contributed by atoms with Crippen molar-refractivity contribution in [3.63, 3.8) is 0 Å². The molecule has 0 aliphatic carbocycles. The van der Waals surface area contributed by atoms with Crippen molar-refractivity contribution < 1.29 is 17.6 Å². The van der Waals surface area contributed by atoms with Crippen LogP contribution in [0, 0.1) is 12.7 Å². The summed E-state index contributed by atoms with van der Waals surface area (Å²) in [5.74, 6) is -0.764. The van der Waals surface area contributed by atoms with E-state index >= 15 is 0 Å². The molecule has 0 saturated heterocycles. The Hall–Kier alpha value is -3.17. The second kappa shape index (κ2) is 8.68. The molecule has 1 aromatic heterocycles. The number of anilines is 2. The number of halogens is 2. The second-order valence-corrected chi connectivity index (χ2v) is 8.56. The molecule has 0 aliphatic heterocycles. The Morgan fingerprint density at radius 3 is 2.30 bits per heavy atom. The predicted molar refractivity (Wildman–Crippen MR) is 116 cm³/mol. The Morgan fingerprint density at radius 1 is 1.10 bits per heavy atom. The molecule has 0 bridgehead atoms. The lowest BCUT2D eigenvalue weighted by atomic mass is 10.2. The van der Waals surface area contributed by atoms with Gasteiger partial charge in [-0.2, -0.15) is 5.10 Å². The first-order chi connectivity index (χ1) is 14.1. The number of amides is 1. The Labute approximate surface area is 178 Å². The number of hydrogen-bond donors (Lipinski definition) is 2. The summed E-state index contributed by atoms with van der Waals surface area (Å²) in [5, 5.41) is 7.30. The number of aryl methyl sites for hydroxylation is 1. The van der Waals surface area contributed by atoms with Gasteiger partial charge in [0.1, 0.15) is 11.0 Å². The summed E-state index contributed by atoms with van der Waals surface area (Å²) in [6.07, 6.45) is 3.91. The molecule has 0 atom stereocenters. The van der Waals surface area contributed by atoms with Crippen LogP contribution >= 0.6 is 11.6 Å². The van der Waals surface area contributed by atoms with Crippen molar-refractivity contribution in [2.75, 3.05) is 16.3 Å².